The Bertz CT molecular complexity index is 1300. The number of nitrogens with zero attached hydrogens (tertiary/aromatic N) is 1. The van der Waals surface area contributed by atoms with Crippen LogP contribution in [0.1, 0.15) is 20.2 Å². The molecule has 0 radical (unpaired) electrons. The van der Waals surface area contributed by atoms with E-state index in [1.165, 1.54) is 23.5 Å². The van der Waals surface area contributed by atoms with Gasteiger partial charge in [-0.15, -0.1) is 22.7 Å². The first kappa shape index (κ1) is 21.4. The predicted octanol–water partition coefficient (Wildman–Crippen LogP) is 4.91. The summed E-state index contributed by atoms with van der Waals surface area (Å²) in [6.45, 7) is 2.16. The molecule has 0 aliphatic heterocycles. The molecule has 158 valence electrons. The molecule has 6 nitrogen and oxygen atoms in total. The van der Waals surface area contributed by atoms with E-state index in [-0.39, 0.29) is 22.9 Å². The Hall–Kier alpha value is -2.85. The second-order valence-electron chi connectivity index (χ2n) is 6.71. The lowest BCUT2D eigenvalue weighted by Gasteiger charge is -2.09. The van der Waals surface area contributed by atoms with Gasteiger partial charge in [0.25, 0.3) is 5.91 Å². The fraction of sp³-hybridized carbons (Fsp3) is 0.0909. The molecule has 0 bridgehead atoms. The number of sulfonamides is 1. The van der Waals surface area contributed by atoms with Crippen LogP contribution in [0.2, 0.25) is 0 Å². The zero-order valence-electron chi connectivity index (χ0n) is 16.5. The molecule has 0 saturated carbocycles. The second-order valence-corrected chi connectivity index (χ2v) is 10.6. The van der Waals surface area contributed by atoms with Crippen LogP contribution in [-0.4, -0.2) is 19.3 Å². The van der Waals surface area contributed by atoms with E-state index in [0.29, 0.717) is 5.69 Å². The smallest absolute Gasteiger partial charge is 0.255 e. The molecule has 4 aromatic rings. The van der Waals surface area contributed by atoms with Crippen molar-refractivity contribution in [2.75, 3.05) is 5.32 Å². The lowest BCUT2D eigenvalue weighted by Crippen LogP contribution is -2.23. The highest BCUT2D eigenvalue weighted by Crippen LogP contribution is 2.23. The summed E-state index contributed by atoms with van der Waals surface area (Å²) in [5, 5.41) is 7.67. The number of aryl methyl sites for hydroxylation is 1. The van der Waals surface area contributed by atoms with Gasteiger partial charge in [0.2, 0.25) is 10.0 Å². The van der Waals surface area contributed by atoms with Crippen molar-refractivity contribution in [2.24, 2.45) is 0 Å². The van der Waals surface area contributed by atoms with Crippen LogP contribution in [0.5, 0.6) is 0 Å². The minimum Gasteiger partial charge on any atom is -0.322 e. The van der Waals surface area contributed by atoms with Crippen LogP contribution in [0, 0.1) is 6.92 Å². The fourth-order valence-electron chi connectivity index (χ4n) is 2.89. The molecule has 31 heavy (non-hydrogen) atoms. The van der Waals surface area contributed by atoms with Gasteiger partial charge in [0.1, 0.15) is 0 Å². The first-order chi connectivity index (χ1) is 14.9. The predicted molar refractivity (Wildman–Crippen MR) is 125 cm³/mol. The van der Waals surface area contributed by atoms with Crippen molar-refractivity contribution >= 4 is 44.3 Å². The van der Waals surface area contributed by atoms with Gasteiger partial charge in [0.15, 0.2) is 0 Å². The van der Waals surface area contributed by atoms with Gasteiger partial charge in [-0.1, -0.05) is 24.3 Å². The average molecular weight is 470 g/mol. The van der Waals surface area contributed by atoms with E-state index in [0.717, 1.165) is 21.1 Å². The van der Waals surface area contributed by atoms with Crippen molar-refractivity contribution in [3.05, 3.63) is 86.9 Å². The van der Waals surface area contributed by atoms with Gasteiger partial charge >= 0.3 is 0 Å². The standard InChI is InChI=1S/C22H19N3O3S3/c1-15-24-21(14-30-15)16-7-9-18(10-8-16)25-22(26)17-4-2-6-20(12-17)31(27,28)23-13-19-5-3-11-29-19/h2-12,14,23H,13H2,1H3,(H,25,26). The van der Waals surface area contributed by atoms with Gasteiger partial charge < -0.3 is 5.32 Å². The highest BCUT2D eigenvalue weighted by molar-refractivity contribution is 7.89. The van der Waals surface area contributed by atoms with Crippen molar-refractivity contribution < 1.29 is 13.2 Å². The van der Waals surface area contributed by atoms with Crippen LogP contribution in [0.25, 0.3) is 11.3 Å². The molecular weight excluding hydrogens is 450 g/mol. The Kier molecular flexibility index (Phi) is 6.28. The normalized spacial score (nSPS) is 11.4. The van der Waals surface area contributed by atoms with Gasteiger partial charge in [0.05, 0.1) is 15.6 Å². The zero-order chi connectivity index (χ0) is 21.8. The quantitative estimate of drug-likeness (QED) is 0.402. The molecule has 9 heteroatoms. The summed E-state index contributed by atoms with van der Waals surface area (Å²) in [6.07, 6.45) is 0. The van der Waals surface area contributed by atoms with E-state index >= 15 is 0 Å². The number of amides is 1. The molecule has 2 aromatic carbocycles. The van der Waals surface area contributed by atoms with Gasteiger partial charge in [0, 0.05) is 33.6 Å². The van der Waals surface area contributed by atoms with Gasteiger partial charge in [-0.3, -0.25) is 4.79 Å². The molecule has 0 aliphatic rings. The molecule has 0 atom stereocenters. The van der Waals surface area contributed by atoms with E-state index < -0.39 is 10.0 Å². The summed E-state index contributed by atoms with van der Waals surface area (Å²) >= 11 is 3.06. The van der Waals surface area contributed by atoms with E-state index in [9.17, 15) is 13.2 Å². The monoisotopic (exact) mass is 469 g/mol. The Balaban J connectivity index is 1.45. The maximum absolute atomic E-state index is 12.7. The van der Waals surface area contributed by atoms with Crippen LogP contribution in [0.4, 0.5) is 5.69 Å². The SMILES string of the molecule is Cc1nc(-c2ccc(NC(=O)c3cccc(S(=O)(=O)NCc4cccs4)c3)cc2)cs1. The summed E-state index contributed by atoms with van der Waals surface area (Å²) in [4.78, 5) is 18.1. The van der Waals surface area contributed by atoms with Crippen LogP contribution >= 0.6 is 22.7 Å². The summed E-state index contributed by atoms with van der Waals surface area (Å²) in [6, 6.07) is 17.1. The number of rotatable bonds is 7. The largest absolute Gasteiger partial charge is 0.322 e. The number of carbonyl (C=O) groups excluding carboxylic acids is 1. The molecule has 2 aromatic heterocycles. The third-order valence-corrected chi connectivity index (χ3v) is 7.53. The van der Waals surface area contributed by atoms with Gasteiger partial charge in [-0.25, -0.2) is 18.1 Å². The maximum atomic E-state index is 12.7. The van der Waals surface area contributed by atoms with Crippen LogP contribution < -0.4 is 10.0 Å². The minimum atomic E-state index is -3.73. The lowest BCUT2D eigenvalue weighted by atomic mass is 10.1. The molecule has 1 amide bonds. The molecule has 0 saturated heterocycles. The second kappa shape index (κ2) is 9.11. The molecular formula is C22H19N3O3S3. The fourth-order valence-corrected chi connectivity index (χ4v) is 5.30. The Morgan fingerprint density at radius 3 is 2.52 bits per heavy atom. The zero-order valence-corrected chi connectivity index (χ0v) is 19.0. The Morgan fingerprint density at radius 1 is 1.03 bits per heavy atom. The van der Waals surface area contributed by atoms with Gasteiger partial charge in [-0.2, -0.15) is 0 Å². The average Bonchev–Trinajstić information content (AvgIpc) is 3.45. The molecule has 0 spiro atoms. The highest BCUT2D eigenvalue weighted by atomic mass is 32.2. The summed E-state index contributed by atoms with van der Waals surface area (Å²) in [5.74, 6) is -0.382. The molecule has 0 aliphatic carbocycles. The van der Waals surface area contributed by atoms with Crippen LogP contribution in [0.15, 0.2) is 76.3 Å². The number of hydrogen-bond acceptors (Lipinski definition) is 6. The van der Waals surface area contributed by atoms with E-state index in [2.05, 4.69) is 15.0 Å². The number of anilines is 1. The molecule has 0 fully saturated rings. The van der Waals surface area contributed by atoms with Crippen LogP contribution in [-0.2, 0) is 16.6 Å². The highest BCUT2D eigenvalue weighted by Gasteiger charge is 2.16. The van der Waals surface area contributed by atoms with E-state index in [1.807, 2.05) is 41.9 Å². The first-order valence-electron chi connectivity index (χ1n) is 9.37. The Morgan fingerprint density at radius 2 is 1.84 bits per heavy atom. The van der Waals surface area contributed by atoms with Crippen molar-refractivity contribution in [2.45, 2.75) is 18.4 Å². The minimum absolute atomic E-state index is 0.0472. The third kappa shape index (κ3) is 5.26. The number of thiophene rings is 1. The molecule has 2 N–H and O–H groups in total. The number of benzene rings is 2. The maximum Gasteiger partial charge on any atom is 0.255 e. The van der Waals surface area contributed by atoms with Crippen LogP contribution in [0.3, 0.4) is 0 Å². The Labute approximate surface area is 188 Å². The lowest BCUT2D eigenvalue weighted by molar-refractivity contribution is 0.102. The van der Waals surface area contributed by atoms with E-state index in [1.54, 1.807) is 35.6 Å². The number of thiazole rings is 1. The summed E-state index contributed by atoms with van der Waals surface area (Å²) in [7, 11) is -3.73. The van der Waals surface area contributed by atoms with Crippen molar-refractivity contribution in [3.8, 4) is 11.3 Å². The van der Waals surface area contributed by atoms with Crippen molar-refractivity contribution in [1.82, 2.24) is 9.71 Å². The topological polar surface area (TPSA) is 88.2 Å². The number of aromatic nitrogens is 1. The number of hydrogen-bond donors (Lipinski definition) is 2. The first-order valence-corrected chi connectivity index (χ1v) is 12.6. The third-order valence-electron chi connectivity index (χ3n) is 4.48. The van der Waals surface area contributed by atoms with Gasteiger partial charge in [-0.05, 0) is 48.7 Å². The molecule has 0 unspecified atom stereocenters. The number of nitrogens with one attached hydrogen (secondary N) is 2. The molecule has 2 heterocycles. The summed E-state index contributed by atoms with van der Waals surface area (Å²) < 4.78 is 27.7. The van der Waals surface area contributed by atoms with E-state index in [4.69, 9.17) is 0 Å². The summed E-state index contributed by atoms with van der Waals surface area (Å²) in [5.41, 5.74) is 2.74. The van der Waals surface area contributed by atoms with Crippen molar-refractivity contribution in [1.29, 1.82) is 0 Å². The molecule has 4 rings (SSSR count). The number of carbonyl (C=O) groups is 1. The van der Waals surface area contributed by atoms with Crippen molar-refractivity contribution in [3.63, 3.8) is 0 Å².